The second-order valence-corrected chi connectivity index (χ2v) is 5.44. The Morgan fingerprint density at radius 3 is 2.75 bits per heavy atom. The Balaban J connectivity index is 2.04. The number of rotatable bonds is 4. The van der Waals surface area contributed by atoms with Crippen molar-refractivity contribution in [3.05, 3.63) is 0 Å². The molecule has 1 aliphatic carbocycles. The van der Waals surface area contributed by atoms with Gasteiger partial charge in [0.15, 0.2) is 0 Å². The molecule has 4 nitrogen and oxygen atoms in total. The predicted molar refractivity (Wildman–Crippen MR) is 59.6 cm³/mol. The van der Waals surface area contributed by atoms with Gasteiger partial charge in [-0.2, -0.15) is 0 Å². The number of carbonyl (C=O) groups is 1. The highest BCUT2D eigenvalue weighted by atomic mass is 16.5. The maximum absolute atomic E-state index is 12.1. The topological polar surface area (TPSA) is 58.6 Å². The smallest absolute Gasteiger partial charge is 0.317 e. The van der Waals surface area contributed by atoms with E-state index in [1.807, 2.05) is 13.8 Å². The third-order valence-corrected chi connectivity index (χ3v) is 4.42. The molecule has 92 valence electrons. The van der Waals surface area contributed by atoms with Crippen LogP contribution >= 0.6 is 0 Å². The van der Waals surface area contributed by atoms with Gasteiger partial charge in [0.1, 0.15) is 11.6 Å². The summed E-state index contributed by atoms with van der Waals surface area (Å²) in [5.41, 5.74) is -0.832. The zero-order chi connectivity index (χ0) is 12.0. The Morgan fingerprint density at radius 2 is 2.25 bits per heavy atom. The molecular weight excluding hydrogens is 206 g/mol. The minimum Gasteiger partial charge on any atom is -0.465 e. The summed E-state index contributed by atoms with van der Waals surface area (Å²) < 4.78 is 5.28. The first-order valence-corrected chi connectivity index (χ1v) is 6.08. The van der Waals surface area contributed by atoms with Crippen molar-refractivity contribution >= 4 is 5.97 Å². The molecule has 3 unspecified atom stereocenters. The van der Waals surface area contributed by atoms with Crippen LogP contribution in [0.1, 0.15) is 33.6 Å². The number of carbonyl (C=O) groups excluding carboxylic acids is 1. The molecule has 1 saturated carbocycles. The number of nitrogens with one attached hydrogen (secondary N) is 1. The van der Waals surface area contributed by atoms with Crippen LogP contribution in [0.2, 0.25) is 0 Å². The van der Waals surface area contributed by atoms with Gasteiger partial charge in [-0.25, -0.2) is 0 Å². The summed E-state index contributed by atoms with van der Waals surface area (Å²) in [7, 11) is 0. The van der Waals surface area contributed by atoms with Crippen molar-refractivity contribution in [1.29, 1.82) is 0 Å². The number of fused-ring (bicyclic) bond motifs is 1. The van der Waals surface area contributed by atoms with Crippen LogP contribution in [-0.4, -0.2) is 30.5 Å². The highest BCUT2D eigenvalue weighted by molar-refractivity contribution is 5.84. The van der Waals surface area contributed by atoms with Crippen molar-refractivity contribution < 1.29 is 14.6 Å². The quantitative estimate of drug-likeness (QED) is 0.553. The van der Waals surface area contributed by atoms with Gasteiger partial charge >= 0.3 is 5.97 Å². The Hall–Kier alpha value is -0.610. The summed E-state index contributed by atoms with van der Waals surface area (Å²) in [6.07, 6.45) is 1.14. The highest BCUT2D eigenvalue weighted by Gasteiger charge is 2.82. The van der Waals surface area contributed by atoms with E-state index in [2.05, 4.69) is 12.2 Å². The van der Waals surface area contributed by atoms with Crippen LogP contribution in [0.5, 0.6) is 0 Å². The van der Waals surface area contributed by atoms with Gasteiger partial charge < -0.3 is 9.84 Å². The molecule has 0 aromatic carbocycles. The lowest BCUT2D eigenvalue weighted by atomic mass is 9.94. The van der Waals surface area contributed by atoms with Gasteiger partial charge in [0.2, 0.25) is 0 Å². The second-order valence-electron chi connectivity index (χ2n) is 5.44. The van der Waals surface area contributed by atoms with E-state index in [1.165, 1.54) is 0 Å². The number of aliphatic hydroxyl groups excluding tert-OH is 1. The molecule has 2 N–H and O–H groups in total. The molecule has 2 aliphatic rings. The Morgan fingerprint density at radius 1 is 1.56 bits per heavy atom. The number of esters is 1. The van der Waals surface area contributed by atoms with Crippen LogP contribution in [0.15, 0.2) is 0 Å². The van der Waals surface area contributed by atoms with Crippen LogP contribution in [0.4, 0.5) is 0 Å². The first kappa shape index (κ1) is 11.9. The van der Waals surface area contributed by atoms with Gasteiger partial charge in [0, 0.05) is 6.54 Å². The normalized spacial score (nSPS) is 39.2. The SMILES string of the molecule is CCCCOC(=O)C12C(O)NCC1C2(C)C. The molecule has 0 aromatic heterocycles. The monoisotopic (exact) mass is 227 g/mol. The zero-order valence-corrected chi connectivity index (χ0v) is 10.2. The third kappa shape index (κ3) is 1.26. The molecule has 0 bridgehead atoms. The van der Waals surface area contributed by atoms with Crippen molar-refractivity contribution in [3.8, 4) is 0 Å². The fourth-order valence-electron chi connectivity index (χ4n) is 3.20. The van der Waals surface area contributed by atoms with Gasteiger partial charge in [0.25, 0.3) is 0 Å². The maximum Gasteiger partial charge on any atom is 0.317 e. The highest BCUT2D eigenvalue weighted by Crippen LogP contribution is 2.72. The Bertz CT molecular complexity index is 303. The number of ether oxygens (including phenoxy) is 1. The van der Waals surface area contributed by atoms with Crippen LogP contribution in [0, 0.1) is 16.7 Å². The van der Waals surface area contributed by atoms with Gasteiger partial charge in [-0.3, -0.25) is 10.1 Å². The molecular formula is C12H21NO3. The lowest BCUT2D eigenvalue weighted by Crippen LogP contribution is -2.41. The van der Waals surface area contributed by atoms with Crippen LogP contribution in [0.25, 0.3) is 0 Å². The molecule has 0 spiro atoms. The van der Waals surface area contributed by atoms with Crippen molar-refractivity contribution in [3.63, 3.8) is 0 Å². The maximum atomic E-state index is 12.1. The molecule has 1 saturated heterocycles. The summed E-state index contributed by atoms with van der Waals surface area (Å²) in [4.78, 5) is 12.1. The summed E-state index contributed by atoms with van der Waals surface area (Å²) in [6.45, 7) is 7.29. The van der Waals surface area contributed by atoms with Crippen molar-refractivity contribution in [2.75, 3.05) is 13.2 Å². The van der Waals surface area contributed by atoms with E-state index in [0.717, 1.165) is 12.8 Å². The molecule has 16 heavy (non-hydrogen) atoms. The minimum atomic E-state index is -0.748. The average molecular weight is 227 g/mol. The molecule has 2 rings (SSSR count). The van der Waals surface area contributed by atoms with Crippen LogP contribution < -0.4 is 5.32 Å². The average Bonchev–Trinajstić information content (AvgIpc) is 2.53. The molecule has 1 heterocycles. The summed E-state index contributed by atoms with van der Waals surface area (Å²) in [6, 6.07) is 0. The van der Waals surface area contributed by atoms with Gasteiger partial charge in [0.05, 0.1) is 6.61 Å². The molecule has 2 fully saturated rings. The van der Waals surface area contributed by atoms with E-state index in [0.29, 0.717) is 13.2 Å². The second kappa shape index (κ2) is 3.70. The van der Waals surface area contributed by atoms with E-state index in [9.17, 15) is 9.90 Å². The molecule has 1 aliphatic heterocycles. The lowest BCUT2D eigenvalue weighted by Gasteiger charge is -2.23. The van der Waals surface area contributed by atoms with E-state index in [1.54, 1.807) is 0 Å². The third-order valence-electron chi connectivity index (χ3n) is 4.42. The molecule has 3 atom stereocenters. The van der Waals surface area contributed by atoms with E-state index in [4.69, 9.17) is 4.74 Å². The number of piperidine rings is 1. The number of unbranched alkanes of at least 4 members (excludes halogenated alkanes) is 1. The fourth-order valence-corrected chi connectivity index (χ4v) is 3.20. The van der Waals surface area contributed by atoms with E-state index < -0.39 is 11.6 Å². The first-order chi connectivity index (χ1) is 7.49. The number of hydrogen-bond donors (Lipinski definition) is 2. The van der Waals surface area contributed by atoms with Crippen molar-refractivity contribution in [2.24, 2.45) is 16.7 Å². The zero-order valence-electron chi connectivity index (χ0n) is 10.2. The Kier molecular flexibility index (Phi) is 2.75. The fraction of sp³-hybridized carbons (Fsp3) is 0.917. The summed E-state index contributed by atoms with van der Waals surface area (Å²) in [5, 5.41) is 12.9. The van der Waals surface area contributed by atoms with Gasteiger partial charge in [-0.05, 0) is 17.8 Å². The molecule has 4 heteroatoms. The van der Waals surface area contributed by atoms with Crippen molar-refractivity contribution in [1.82, 2.24) is 5.32 Å². The Labute approximate surface area is 96.4 Å². The van der Waals surface area contributed by atoms with Crippen molar-refractivity contribution in [2.45, 2.75) is 39.8 Å². The molecule has 0 amide bonds. The number of aliphatic hydroxyl groups is 1. The largest absolute Gasteiger partial charge is 0.465 e. The minimum absolute atomic E-state index is 0.138. The first-order valence-electron chi connectivity index (χ1n) is 6.08. The van der Waals surface area contributed by atoms with Gasteiger partial charge in [-0.1, -0.05) is 27.2 Å². The van der Waals surface area contributed by atoms with E-state index in [-0.39, 0.29) is 17.3 Å². The van der Waals surface area contributed by atoms with Crippen LogP contribution in [-0.2, 0) is 9.53 Å². The summed E-state index contributed by atoms with van der Waals surface area (Å²) in [5.74, 6) is -0.0161. The van der Waals surface area contributed by atoms with E-state index >= 15 is 0 Å². The lowest BCUT2D eigenvalue weighted by molar-refractivity contribution is -0.157. The van der Waals surface area contributed by atoms with Crippen LogP contribution in [0.3, 0.4) is 0 Å². The standard InChI is InChI=1S/C12H21NO3/c1-4-5-6-16-10(15)12-8(11(12,2)3)7-13-9(12)14/h8-9,13-14H,4-7H2,1-3H3. The predicted octanol–water partition coefficient (Wildman–Crippen LogP) is 0.894. The van der Waals surface area contributed by atoms with Gasteiger partial charge in [-0.15, -0.1) is 0 Å². The molecule has 0 aromatic rings. The number of hydrogen-bond acceptors (Lipinski definition) is 4. The molecule has 0 radical (unpaired) electrons. The summed E-state index contributed by atoms with van der Waals surface area (Å²) >= 11 is 0.